The van der Waals surface area contributed by atoms with Gasteiger partial charge < -0.3 is 28.5 Å². The number of halogens is 2. The fraction of sp³-hybridized carbons (Fsp3) is 0.395. The standard InChI is InChI=1S/C28H34FN5O5.C10H7FN2O2/c1-28(2,3)39-27(36)34(18-20-15-24-25(17-30-20)38-13-12-37-24)21-6-8-32(9-7-21)10-11-33-23-14-19(29)16-31-22(23)4-5-26(33)35;11-7-5-9-8(12-6-7)1-2-10(15)13(9)3-4-14/h4-5,14-17,21H,6-13,18H2,1-3H3;1-2,4-6H,3H2. The van der Waals surface area contributed by atoms with Crippen molar-refractivity contribution in [3.05, 3.63) is 99.1 Å². The molecule has 54 heavy (non-hydrogen) atoms. The number of aromatic nitrogens is 5. The molecule has 284 valence electrons. The summed E-state index contributed by atoms with van der Waals surface area (Å²) in [5.74, 6) is 0.222. The van der Waals surface area contributed by atoms with Crippen LogP contribution in [0.15, 0.2) is 70.6 Å². The zero-order chi connectivity index (χ0) is 38.4. The van der Waals surface area contributed by atoms with Crippen LogP contribution < -0.4 is 20.6 Å². The molecule has 1 saturated heterocycles. The summed E-state index contributed by atoms with van der Waals surface area (Å²) in [6.07, 6.45) is 5.54. The quantitative estimate of drug-likeness (QED) is 0.209. The highest BCUT2D eigenvalue weighted by atomic mass is 19.1. The molecule has 5 aromatic heterocycles. The Kier molecular flexibility index (Phi) is 11.6. The summed E-state index contributed by atoms with van der Waals surface area (Å²) in [5, 5.41) is 0. The van der Waals surface area contributed by atoms with Gasteiger partial charge in [-0.2, -0.15) is 0 Å². The minimum absolute atomic E-state index is 0.0373. The van der Waals surface area contributed by atoms with Crippen LogP contribution in [0.25, 0.3) is 22.1 Å². The Morgan fingerprint density at radius 2 is 1.44 bits per heavy atom. The van der Waals surface area contributed by atoms with Gasteiger partial charge in [-0.15, -0.1) is 0 Å². The number of hydrogen-bond donors (Lipinski definition) is 0. The number of carbonyl (C=O) groups is 2. The molecular weight excluding hydrogens is 704 g/mol. The molecule has 0 unspecified atom stereocenters. The summed E-state index contributed by atoms with van der Waals surface area (Å²) in [7, 11) is 0. The summed E-state index contributed by atoms with van der Waals surface area (Å²) in [6.45, 7) is 9.23. The fourth-order valence-corrected chi connectivity index (χ4v) is 6.39. The van der Waals surface area contributed by atoms with Crippen LogP contribution in [0.1, 0.15) is 39.3 Å². The van der Waals surface area contributed by atoms with E-state index in [1.165, 1.54) is 34.9 Å². The van der Waals surface area contributed by atoms with E-state index in [2.05, 4.69) is 19.9 Å². The van der Waals surface area contributed by atoms with Crippen LogP contribution in [0.5, 0.6) is 11.5 Å². The highest BCUT2D eigenvalue weighted by Crippen LogP contribution is 2.31. The maximum Gasteiger partial charge on any atom is 0.410 e. The van der Waals surface area contributed by atoms with Crippen molar-refractivity contribution in [2.24, 2.45) is 0 Å². The summed E-state index contributed by atoms with van der Waals surface area (Å²) >= 11 is 0. The first-order valence-electron chi connectivity index (χ1n) is 17.6. The van der Waals surface area contributed by atoms with Gasteiger partial charge in [0, 0.05) is 62.6 Å². The number of fused-ring (bicyclic) bond motifs is 3. The van der Waals surface area contributed by atoms with E-state index in [1.807, 2.05) is 26.8 Å². The Morgan fingerprint density at radius 1 is 0.852 bits per heavy atom. The second-order valence-electron chi connectivity index (χ2n) is 13.9. The molecule has 0 atom stereocenters. The molecule has 0 saturated carbocycles. The predicted molar refractivity (Wildman–Crippen MR) is 194 cm³/mol. The maximum atomic E-state index is 13.8. The third kappa shape index (κ3) is 9.23. The molecule has 0 radical (unpaired) electrons. The van der Waals surface area contributed by atoms with Gasteiger partial charge in [0.25, 0.3) is 11.1 Å². The van der Waals surface area contributed by atoms with Gasteiger partial charge >= 0.3 is 6.09 Å². The molecule has 14 nitrogen and oxygen atoms in total. The number of nitrogens with zero attached hydrogens (tertiary/aromatic N) is 7. The number of aldehydes is 1. The number of likely N-dealkylation sites (tertiary alicyclic amines) is 1. The van der Waals surface area contributed by atoms with Crippen LogP contribution in [0.2, 0.25) is 0 Å². The molecule has 1 fully saturated rings. The van der Waals surface area contributed by atoms with Gasteiger partial charge in [0.2, 0.25) is 0 Å². The number of ether oxygens (including phenoxy) is 3. The molecule has 0 aliphatic carbocycles. The number of pyridine rings is 5. The van der Waals surface area contributed by atoms with E-state index in [1.54, 1.807) is 21.7 Å². The van der Waals surface area contributed by atoms with Crippen molar-refractivity contribution in [3.8, 4) is 11.5 Å². The minimum atomic E-state index is -0.629. The van der Waals surface area contributed by atoms with Crippen LogP contribution in [-0.2, 0) is 29.2 Å². The van der Waals surface area contributed by atoms with Crippen LogP contribution >= 0.6 is 0 Å². The average molecular weight is 746 g/mol. The maximum absolute atomic E-state index is 13.8. The molecule has 7 heterocycles. The van der Waals surface area contributed by atoms with E-state index in [-0.39, 0.29) is 29.8 Å². The molecular formula is C38H41F2N7O7. The third-order valence-electron chi connectivity index (χ3n) is 8.95. The molecule has 0 bridgehead atoms. The van der Waals surface area contributed by atoms with Crippen molar-refractivity contribution >= 4 is 34.4 Å². The van der Waals surface area contributed by atoms with Crippen LogP contribution in [0.4, 0.5) is 13.6 Å². The van der Waals surface area contributed by atoms with Crippen molar-refractivity contribution < 1.29 is 32.6 Å². The summed E-state index contributed by atoms with van der Waals surface area (Å²) in [6, 6.07) is 10.2. The lowest BCUT2D eigenvalue weighted by Gasteiger charge is -2.39. The van der Waals surface area contributed by atoms with E-state index in [0.29, 0.717) is 78.4 Å². The van der Waals surface area contributed by atoms with E-state index in [0.717, 1.165) is 38.3 Å². The monoisotopic (exact) mass is 745 g/mol. The number of hydrogen-bond acceptors (Lipinski definition) is 11. The molecule has 0 N–H and O–H groups in total. The molecule has 16 heteroatoms. The normalized spacial score (nSPS) is 14.7. The molecule has 2 aliphatic heterocycles. The Morgan fingerprint density at radius 3 is 2.06 bits per heavy atom. The summed E-state index contributed by atoms with van der Waals surface area (Å²) in [4.78, 5) is 64.0. The van der Waals surface area contributed by atoms with Gasteiger partial charge in [0.05, 0.1) is 59.4 Å². The highest BCUT2D eigenvalue weighted by molar-refractivity contribution is 5.75. The first-order valence-corrected chi connectivity index (χ1v) is 17.6. The lowest BCUT2D eigenvalue weighted by molar-refractivity contribution is -0.108. The number of piperidine rings is 1. The second-order valence-corrected chi connectivity index (χ2v) is 13.9. The van der Waals surface area contributed by atoms with Crippen molar-refractivity contribution in [2.45, 2.75) is 64.9 Å². The average Bonchev–Trinajstić information content (AvgIpc) is 3.14. The van der Waals surface area contributed by atoms with E-state index < -0.39 is 17.2 Å². The molecule has 1 amide bonds. The Hall–Kier alpha value is -5.77. The second kappa shape index (κ2) is 16.5. The number of amides is 1. The fourth-order valence-electron chi connectivity index (χ4n) is 6.39. The SMILES string of the molecule is CC(C)(C)OC(=O)N(Cc1cc2c(cn1)OCCO2)C1CCN(CCn2c(=O)ccc3ncc(F)cc32)CC1.O=CCn1c(=O)ccc2ncc(F)cc21. The van der Waals surface area contributed by atoms with Gasteiger partial charge in [-0.3, -0.25) is 34.0 Å². The van der Waals surface area contributed by atoms with Crippen LogP contribution in [-0.4, -0.2) is 90.8 Å². The molecule has 0 aromatic carbocycles. The van der Waals surface area contributed by atoms with Crippen LogP contribution in [0.3, 0.4) is 0 Å². The largest absolute Gasteiger partial charge is 0.486 e. The Bertz CT molecular complexity index is 2270. The van der Waals surface area contributed by atoms with Gasteiger partial charge in [-0.1, -0.05) is 0 Å². The van der Waals surface area contributed by atoms with Gasteiger partial charge in [0.1, 0.15) is 36.7 Å². The molecule has 7 rings (SSSR count). The zero-order valence-electron chi connectivity index (χ0n) is 30.2. The number of carbonyl (C=O) groups excluding carboxylic acids is 2. The highest BCUT2D eigenvalue weighted by Gasteiger charge is 2.32. The lowest BCUT2D eigenvalue weighted by Crippen LogP contribution is -2.49. The summed E-state index contributed by atoms with van der Waals surface area (Å²) < 4.78 is 46.5. The van der Waals surface area contributed by atoms with Gasteiger partial charge in [0.15, 0.2) is 11.5 Å². The topological polar surface area (TPSA) is 151 Å². The first kappa shape index (κ1) is 38.0. The van der Waals surface area contributed by atoms with E-state index in [4.69, 9.17) is 14.2 Å². The Balaban J connectivity index is 0.000000276. The minimum Gasteiger partial charge on any atom is -0.486 e. The molecule has 5 aromatic rings. The van der Waals surface area contributed by atoms with E-state index in [9.17, 15) is 28.0 Å². The van der Waals surface area contributed by atoms with E-state index >= 15 is 0 Å². The smallest absolute Gasteiger partial charge is 0.410 e. The van der Waals surface area contributed by atoms with Gasteiger partial charge in [-0.05, 0) is 45.7 Å². The van der Waals surface area contributed by atoms with Crippen molar-refractivity contribution in [3.63, 3.8) is 0 Å². The van der Waals surface area contributed by atoms with Crippen LogP contribution in [0, 0.1) is 11.6 Å². The summed E-state index contributed by atoms with van der Waals surface area (Å²) in [5.41, 5.74) is 1.41. The zero-order valence-corrected chi connectivity index (χ0v) is 30.2. The first-order chi connectivity index (χ1) is 25.9. The molecule has 0 spiro atoms. The predicted octanol–water partition coefficient (Wildman–Crippen LogP) is 4.34. The Labute approximate surface area is 308 Å². The van der Waals surface area contributed by atoms with Crippen molar-refractivity contribution in [1.29, 1.82) is 0 Å². The van der Waals surface area contributed by atoms with Crippen molar-refractivity contribution in [2.75, 3.05) is 32.8 Å². The molecule has 2 aliphatic rings. The third-order valence-corrected chi connectivity index (χ3v) is 8.95. The van der Waals surface area contributed by atoms with Crippen molar-refractivity contribution in [1.82, 2.24) is 33.9 Å². The van der Waals surface area contributed by atoms with Gasteiger partial charge in [-0.25, -0.2) is 13.6 Å². The number of rotatable bonds is 8. The lowest BCUT2D eigenvalue weighted by atomic mass is 10.0.